The summed E-state index contributed by atoms with van der Waals surface area (Å²) in [7, 11) is 4.12. The van der Waals surface area contributed by atoms with Gasteiger partial charge < -0.3 is 14.8 Å². The number of nitrogens with one attached hydrogen (secondary N) is 1. The minimum Gasteiger partial charge on any atom is -0.354 e. The van der Waals surface area contributed by atoms with E-state index in [1.54, 1.807) is 6.07 Å². The first kappa shape index (κ1) is 18.4. The van der Waals surface area contributed by atoms with Gasteiger partial charge in [-0.2, -0.15) is 18.3 Å². The zero-order valence-corrected chi connectivity index (χ0v) is 14.0. The Hall–Kier alpha value is -1.91. The number of carbonyl (C=O) groups is 1. The van der Waals surface area contributed by atoms with Gasteiger partial charge in [-0.3, -0.25) is 9.48 Å². The van der Waals surface area contributed by atoms with Gasteiger partial charge >= 0.3 is 6.18 Å². The monoisotopic (exact) mass is 363 g/mol. The summed E-state index contributed by atoms with van der Waals surface area (Å²) in [4.78, 5) is 12.9. The van der Waals surface area contributed by atoms with Crippen molar-refractivity contribution in [1.82, 2.24) is 15.1 Å². The molecule has 0 aliphatic rings. The number of aryl methyl sites for hydroxylation is 1. The first-order valence-electron chi connectivity index (χ1n) is 6.81. The molecule has 6 nitrogen and oxygen atoms in total. The second kappa shape index (κ2) is 7.32. The average molecular weight is 363 g/mol. The van der Waals surface area contributed by atoms with E-state index in [1.165, 1.54) is 27.3 Å². The second-order valence-corrected chi connectivity index (χ2v) is 5.89. The van der Waals surface area contributed by atoms with Gasteiger partial charge in [0, 0.05) is 21.3 Å². The third-order valence-corrected chi connectivity index (χ3v) is 4.31. The molecule has 2 heterocycles. The van der Waals surface area contributed by atoms with Crippen LogP contribution in [0.3, 0.4) is 0 Å². The number of rotatable bonds is 6. The minimum absolute atomic E-state index is 0.154. The molecule has 24 heavy (non-hydrogen) atoms. The SMILES string of the molecule is COC(CNC(=O)c1ccc(-c2cc(C(F)(F)F)n(C)n2)s1)OC. The fourth-order valence-corrected chi connectivity index (χ4v) is 2.85. The number of hydrogen-bond acceptors (Lipinski definition) is 5. The lowest BCUT2D eigenvalue weighted by Gasteiger charge is -2.13. The number of alkyl halides is 3. The van der Waals surface area contributed by atoms with Gasteiger partial charge in [-0.15, -0.1) is 11.3 Å². The summed E-state index contributed by atoms with van der Waals surface area (Å²) in [5, 5.41) is 6.48. The number of halogens is 3. The van der Waals surface area contributed by atoms with Crippen molar-refractivity contribution < 1.29 is 27.4 Å². The molecule has 0 saturated carbocycles. The van der Waals surface area contributed by atoms with Crippen LogP contribution in [0.4, 0.5) is 13.2 Å². The zero-order chi connectivity index (χ0) is 17.9. The summed E-state index contributed by atoms with van der Waals surface area (Å²) in [6.45, 7) is 0.154. The van der Waals surface area contributed by atoms with Crippen LogP contribution in [0.2, 0.25) is 0 Å². The van der Waals surface area contributed by atoms with E-state index in [4.69, 9.17) is 9.47 Å². The highest BCUT2D eigenvalue weighted by molar-refractivity contribution is 7.17. The maximum Gasteiger partial charge on any atom is 0.433 e. The number of hydrogen-bond donors (Lipinski definition) is 1. The maximum atomic E-state index is 12.8. The third-order valence-electron chi connectivity index (χ3n) is 3.21. The summed E-state index contributed by atoms with van der Waals surface area (Å²) in [6.07, 6.45) is -5.05. The first-order chi connectivity index (χ1) is 11.3. The van der Waals surface area contributed by atoms with Crippen molar-refractivity contribution in [1.29, 1.82) is 0 Å². The molecule has 0 fully saturated rings. The lowest BCUT2D eigenvalue weighted by Crippen LogP contribution is -2.33. The molecule has 0 atom stereocenters. The van der Waals surface area contributed by atoms with Gasteiger partial charge in [0.1, 0.15) is 11.4 Å². The van der Waals surface area contributed by atoms with Gasteiger partial charge in [0.2, 0.25) is 0 Å². The highest BCUT2D eigenvalue weighted by atomic mass is 32.1. The van der Waals surface area contributed by atoms with Crippen LogP contribution in [-0.2, 0) is 22.7 Å². The average Bonchev–Trinajstić information content (AvgIpc) is 3.14. The predicted molar refractivity (Wildman–Crippen MR) is 81.7 cm³/mol. The molecule has 2 aromatic heterocycles. The Kier molecular flexibility index (Phi) is 5.62. The minimum atomic E-state index is -4.48. The molecule has 0 spiro atoms. The first-order valence-corrected chi connectivity index (χ1v) is 7.63. The quantitative estimate of drug-likeness (QED) is 0.801. The molecular weight excluding hydrogens is 347 g/mol. The van der Waals surface area contributed by atoms with Gasteiger partial charge in [-0.05, 0) is 18.2 Å². The van der Waals surface area contributed by atoms with Gasteiger partial charge in [0.05, 0.1) is 16.3 Å². The van der Waals surface area contributed by atoms with E-state index < -0.39 is 18.2 Å². The van der Waals surface area contributed by atoms with E-state index in [2.05, 4.69) is 10.4 Å². The van der Waals surface area contributed by atoms with E-state index in [0.29, 0.717) is 9.75 Å². The van der Waals surface area contributed by atoms with Gasteiger partial charge in [0.25, 0.3) is 5.91 Å². The summed E-state index contributed by atoms with van der Waals surface area (Å²) in [6, 6.07) is 4.05. The Bertz CT molecular complexity index is 708. The lowest BCUT2D eigenvalue weighted by atomic mass is 10.3. The highest BCUT2D eigenvalue weighted by Crippen LogP contribution is 2.34. The summed E-state index contributed by atoms with van der Waals surface area (Å²) in [5.41, 5.74) is -0.680. The number of thiophene rings is 1. The van der Waals surface area contributed by atoms with Crippen molar-refractivity contribution in [3.05, 3.63) is 28.8 Å². The van der Waals surface area contributed by atoms with Crippen LogP contribution in [-0.4, -0.2) is 42.7 Å². The molecule has 2 aromatic rings. The fourth-order valence-electron chi connectivity index (χ4n) is 1.98. The van der Waals surface area contributed by atoms with E-state index >= 15 is 0 Å². The molecule has 10 heteroatoms. The molecule has 0 aliphatic carbocycles. The molecule has 0 aliphatic heterocycles. The molecule has 0 aromatic carbocycles. The molecule has 0 saturated heterocycles. The second-order valence-electron chi connectivity index (χ2n) is 4.81. The molecule has 132 valence electrons. The van der Waals surface area contributed by atoms with Crippen molar-refractivity contribution in [2.24, 2.45) is 7.05 Å². The maximum absolute atomic E-state index is 12.8. The Morgan fingerprint density at radius 3 is 2.58 bits per heavy atom. The number of aromatic nitrogens is 2. The molecule has 0 unspecified atom stereocenters. The van der Waals surface area contributed by atoms with Gasteiger partial charge in [0.15, 0.2) is 6.29 Å². The molecule has 1 amide bonds. The molecule has 1 N–H and O–H groups in total. The van der Waals surface area contributed by atoms with Crippen LogP contribution < -0.4 is 5.32 Å². The number of carbonyl (C=O) groups excluding carboxylic acids is 1. The number of nitrogens with zero attached hydrogens (tertiary/aromatic N) is 2. The van der Waals surface area contributed by atoms with E-state index in [9.17, 15) is 18.0 Å². The van der Waals surface area contributed by atoms with Crippen molar-refractivity contribution in [3.8, 4) is 10.6 Å². The summed E-state index contributed by atoms with van der Waals surface area (Å²) >= 11 is 1.06. The molecular formula is C14H16F3N3O3S. The Labute approximate surface area is 140 Å². The van der Waals surface area contributed by atoms with Crippen LogP contribution in [0.5, 0.6) is 0 Å². The van der Waals surface area contributed by atoms with Crippen LogP contribution in [0, 0.1) is 0 Å². The number of methoxy groups -OCH3 is 2. The van der Waals surface area contributed by atoms with Crippen molar-refractivity contribution in [3.63, 3.8) is 0 Å². The smallest absolute Gasteiger partial charge is 0.354 e. The fraction of sp³-hybridized carbons (Fsp3) is 0.429. The van der Waals surface area contributed by atoms with Crippen molar-refractivity contribution in [2.45, 2.75) is 12.5 Å². The molecule has 0 bridgehead atoms. The number of amides is 1. The van der Waals surface area contributed by atoms with Gasteiger partial charge in [-0.1, -0.05) is 0 Å². The standard InChI is InChI=1S/C14H16F3N3O3S/c1-20-11(14(15,16)17)6-8(19-20)9-4-5-10(24-9)13(21)18-7-12(22-2)23-3/h4-6,12H,7H2,1-3H3,(H,18,21). The van der Waals surface area contributed by atoms with Crippen molar-refractivity contribution >= 4 is 17.2 Å². The largest absolute Gasteiger partial charge is 0.433 e. The molecule has 2 rings (SSSR count). The van der Waals surface area contributed by atoms with Crippen molar-refractivity contribution in [2.75, 3.05) is 20.8 Å². The van der Waals surface area contributed by atoms with E-state index in [-0.39, 0.29) is 18.1 Å². The Morgan fingerprint density at radius 1 is 1.38 bits per heavy atom. The van der Waals surface area contributed by atoms with Crippen LogP contribution in [0.25, 0.3) is 10.6 Å². The topological polar surface area (TPSA) is 65.4 Å². The van der Waals surface area contributed by atoms with Crippen LogP contribution in [0.1, 0.15) is 15.4 Å². The van der Waals surface area contributed by atoms with E-state index in [1.807, 2.05) is 0 Å². The third kappa shape index (κ3) is 4.13. The zero-order valence-electron chi connectivity index (χ0n) is 13.2. The molecule has 0 radical (unpaired) electrons. The van der Waals surface area contributed by atoms with Crippen LogP contribution in [0.15, 0.2) is 18.2 Å². The normalized spacial score (nSPS) is 12.0. The predicted octanol–water partition coefficient (Wildman–Crippen LogP) is 2.52. The van der Waals surface area contributed by atoms with Gasteiger partial charge in [-0.25, -0.2) is 0 Å². The number of ether oxygens (including phenoxy) is 2. The highest BCUT2D eigenvalue weighted by Gasteiger charge is 2.35. The van der Waals surface area contributed by atoms with E-state index in [0.717, 1.165) is 22.1 Å². The summed E-state index contributed by atoms with van der Waals surface area (Å²) < 4.78 is 49.1. The summed E-state index contributed by atoms with van der Waals surface area (Å²) in [5.74, 6) is -0.364. The van der Waals surface area contributed by atoms with Crippen LogP contribution >= 0.6 is 11.3 Å². The lowest BCUT2D eigenvalue weighted by molar-refractivity contribution is -0.143. The Morgan fingerprint density at radius 2 is 2.04 bits per heavy atom. The Balaban J connectivity index is 2.12.